The highest BCUT2D eigenvalue weighted by Gasteiger charge is 2.33. The van der Waals surface area contributed by atoms with Crippen LogP contribution in [0.5, 0.6) is 0 Å². The lowest BCUT2D eigenvalue weighted by Crippen LogP contribution is -2.44. The Morgan fingerprint density at radius 1 is 1.32 bits per heavy atom. The van der Waals surface area contributed by atoms with E-state index in [0.29, 0.717) is 33.7 Å². The minimum Gasteiger partial charge on any atom is -0.399 e. The van der Waals surface area contributed by atoms with Crippen LogP contribution >= 0.6 is 27.7 Å². The van der Waals surface area contributed by atoms with Gasteiger partial charge >= 0.3 is 0 Å². The monoisotopic (exact) mass is 364 g/mol. The summed E-state index contributed by atoms with van der Waals surface area (Å²) in [4.78, 5) is 0.249. The second kappa shape index (κ2) is 5.63. The highest BCUT2D eigenvalue weighted by Crippen LogP contribution is 2.32. The van der Waals surface area contributed by atoms with Crippen molar-refractivity contribution in [1.29, 1.82) is 0 Å². The van der Waals surface area contributed by atoms with E-state index >= 15 is 0 Å². The number of rotatable bonds is 2. The van der Waals surface area contributed by atoms with Gasteiger partial charge in [-0.3, -0.25) is 0 Å². The van der Waals surface area contributed by atoms with Crippen molar-refractivity contribution in [1.82, 2.24) is 4.31 Å². The van der Waals surface area contributed by atoms with Crippen LogP contribution in [0.25, 0.3) is 0 Å². The van der Waals surface area contributed by atoms with E-state index in [4.69, 9.17) is 5.73 Å². The Labute approximate surface area is 126 Å². The second-order valence-corrected chi connectivity index (χ2v) is 9.41. The zero-order valence-electron chi connectivity index (χ0n) is 10.8. The summed E-state index contributed by atoms with van der Waals surface area (Å²) >= 11 is 5.12. The fourth-order valence-electron chi connectivity index (χ4n) is 2.18. The molecule has 4 nitrogen and oxygen atoms in total. The molecule has 0 aliphatic carbocycles. The summed E-state index contributed by atoms with van der Waals surface area (Å²) in [5.74, 6) is 0. The van der Waals surface area contributed by atoms with E-state index in [1.165, 1.54) is 6.07 Å². The summed E-state index contributed by atoms with van der Waals surface area (Å²) in [6.45, 7) is 5.19. The minimum absolute atomic E-state index is 0.249. The van der Waals surface area contributed by atoms with E-state index in [1.807, 2.05) is 11.8 Å². The van der Waals surface area contributed by atoms with Crippen LogP contribution in [-0.2, 0) is 10.0 Å². The second-order valence-electron chi connectivity index (χ2n) is 4.77. The molecule has 1 aromatic carbocycles. The number of nitrogens with zero attached hydrogens (tertiary/aromatic N) is 1. The fraction of sp³-hybridized carbons (Fsp3) is 0.500. The number of halogens is 1. The van der Waals surface area contributed by atoms with Crippen molar-refractivity contribution in [3.05, 3.63) is 22.7 Å². The normalized spacial score (nSPS) is 25.4. The molecule has 106 valence electrons. The van der Waals surface area contributed by atoms with Gasteiger partial charge in [-0.1, -0.05) is 13.8 Å². The Morgan fingerprint density at radius 3 is 2.47 bits per heavy atom. The standard InChI is InChI=1S/C12H17BrN2O2S2/c1-8-6-15(7-9(2)18-8)19(16,17)12-5-10(14)3-4-11(12)13/h3-5,8-9H,6-7,14H2,1-2H3. The molecule has 0 bridgehead atoms. The Morgan fingerprint density at radius 2 is 1.89 bits per heavy atom. The number of nitrogens with two attached hydrogens (primary N) is 1. The average Bonchev–Trinajstić information content (AvgIpc) is 2.31. The molecule has 1 fully saturated rings. The molecule has 2 N–H and O–H groups in total. The third-order valence-corrected chi connectivity index (χ3v) is 7.01. The van der Waals surface area contributed by atoms with Gasteiger partial charge in [0.15, 0.2) is 0 Å². The molecule has 0 saturated carbocycles. The summed E-state index contributed by atoms with van der Waals surface area (Å²) in [6.07, 6.45) is 0. The number of sulfonamides is 1. The quantitative estimate of drug-likeness (QED) is 0.819. The lowest BCUT2D eigenvalue weighted by molar-refractivity contribution is 0.404. The van der Waals surface area contributed by atoms with Crippen LogP contribution in [0.3, 0.4) is 0 Å². The molecule has 1 heterocycles. The lowest BCUT2D eigenvalue weighted by atomic mass is 10.3. The third kappa shape index (κ3) is 3.26. The third-order valence-electron chi connectivity index (χ3n) is 2.96. The number of nitrogen functional groups attached to an aromatic ring is 1. The van der Waals surface area contributed by atoms with Crippen LogP contribution in [0.2, 0.25) is 0 Å². The molecule has 7 heteroatoms. The first-order chi connectivity index (χ1) is 8.80. The van der Waals surface area contributed by atoms with E-state index in [1.54, 1.807) is 16.4 Å². The van der Waals surface area contributed by atoms with Crippen molar-refractivity contribution in [3.63, 3.8) is 0 Å². The number of hydrogen-bond acceptors (Lipinski definition) is 4. The van der Waals surface area contributed by atoms with Gasteiger partial charge in [0.25, 0.3) is 0 Å². The van der Waals surface area contributed by atoms with Crippen LogP contribution in [0, 0.1) is 0 Å². The summed E-state index contributed by atoms with van der Waals surface area (Å²) in [5, 5.41) is 0.608. The van der Waals surface area contributed by atoms with E-state index in [0.717, 1.165) is 0 Å². The molecule has 0 amide bonds. The van der Waals surface area contributed by atoms with Gasteiger partial charge in [-0.2, -0.15) is 16.1 Å². The molecule has 1 aliphatic rings. The first-order valence-corrected chi connectivity index (χ1v) is 9.19. The van der Waals surface area contributed by atoms with Crippen molar-refractivity contribution in [2.75, 3.05) is 18.8 Å². The molecule has 2 unspecified atom stereocenters. The Bertz CT molecular complexity index is 567. The fourth-order valence-corrected chi connectivity index (χ4v) is 6.28. The molecule has 0 aromatic heterocycles. The molecule has 0 spiro atoms. The number of anilines is 1. The topological polar surface area (TPSA) is 63.4 Å². The van der Waals surface area contributed by atoms with E-state index in [2.05, 4.69) is 29.8 Å². The lowest BCUT2D eigenvalue weighted by Gasteiger charge is -2.33. The van der Waals surface area contributed by atoms with E-state index in [-0.39, 0.29) is 4.90 Å². The van der Waals surface area contributed by atoms with Crippen molar-refractivity contribution in [2.45, 2.75) is 29.2 Å². The average molecular weight is 365 g/mol. The van der Waals surface area contributed by atoms with Crippen LogP contribution in [0.4, 0.5) is 5.69 Å². The summed E-state index contributed by atoms with van der Waals surface area (Å²) < 4.78 is 27.5. The van der Waals surface area contributed by atoms with Crippen molar-refractivity contribution >= 4 is 43.4 Å². The van der Waals surface area contributed by atoms with Gasteiger partial charge in [-0.05, 0) is 34.1 Å². The maximum Gasteiger partial charge on any atom is 0.244 e. The smallest absolute Gasteiger partial charge is 0.244 e. The van der Waals surface area contributed by atoms with Crippen LogP contribution in [-0.4, -0.2) is 36.3 Å². The number of hydrogen-bond donors (Lipinski definition) is 1. The zero-order chi connectivity index (χ0) is 14.2. The van der Waals surface area contributed by atoms with Crippen molar-refractivity contribution < 1.29 is 8.42 Å². The predicted molar refractivity (Wildman–Crippen MR) is 83.8 cm³/mol. The molecule has 1 aliphatic heterocycles. The van der Waals surface area contributed by atoms with E-state index in [9.17, 15) is 8.42 Å². The maximum atomic E-state index is 12.7. The SMILES string of the molecule is CC1CN(S(=O)(=O)c2cc(N)ccc2Br)CC(C)S1. The van der Waals surface area contributed by atoms with Gasteiger partial charge in [0.05, 0.1) is 4.90 Å². The predicted octanol–water partition coefficient (Wildman–Crippen LogP) is 2.55. The summed E-state index contributed by atoms with van der Waals surface area (Å²) in [7, 11) is -3.49. The van der Waals surface area contributed by atoms with Crippen LogP contribution in [0.1, 0.15) is 13.8 Å². The van der Waals surface area contributed by atoms with Crippen LogP contribution in [0.15, 0.2) is 27.6 Å². The van der Waals surface area contributed by atoms with Gasteiger partial charge in [0, 0.05) is 33.7 Å². The molecular formula is C12H17BrN2O2S2. The molecule has 2 atom stereocenters. The van der Waals surface area contributed by atoms with E-state index < -0.39 is 10.0 Å². The Hall–Kier alpha value is -0.240. The van der Waals surface area contributed by atoms with Gasteiger partial charge in [0.1, 0.15) is 0 Å². The van der Waals surface area contributed by atoms with Gasteiger partial charge in [0.2, 0.25) is 10.0 Å². The first-order valence-electron chi connectivity index (χ1n) is 6.01. The summed E-state index contributed by atoms with van der Waals surface area (Å²) in [6, 6.07) is 4.87. The van der Waals surface area contributed by atoms with Crippen molar-refractivity contribution in [2.24, 2.45) is 0 Å². The van der Waals surface area contributed by atoms with Gasteiger partial charge in [-0.25, -0.2) is 8.42 Å². The number of thioether (sulfide) groups is 1. The molecule has 0 radical (unpaired) electrons. The maximum absolute atomic E-state index is 12.7. The number of benzene rings is 1. The first kappa shape index (κ1) is 15.2. The molecular weight excluding hydrogens is 348 g/mol. The minimum atomic E-state index is -3.49. The van der Waals surface area contributed by atoms with Crippen molar-refractivity contribution in [3.8, 4) is 0 Å². The molecule has 19 heavy (non-hydrogen) atoms. The zero-order valence-corrected chi connectivity index (χ0v) is 14.1. The molecule has 1 saturated heterocycles. The summed E-state index contributed by atoms with van der Waals surface area (Å²) in [5.41, 5.74) is 6.15. The van der Waals surface area contributed by atoms with Gasteiger partial charge in [-0.15, -0.1) is 0 Å². The Balaban J connectivity index is 2.39. The molecule has 1 aromatic rings. The Kier molecular flexibility index (Phi) is 4.49. The molecule has 2 rings (SSSR count). The highest BCUT2D eigenvalue weighted by molar-refractivity contribution is 9.10. The largest absolute Gasteiger partial charge is 0.399 e. The highest BCUT2D eigenvalue weighted by atomic mass is 79.9. The van der Waals surface area contributed by atoms with Gasteiger partial charge < -0.3 is 5.73 Å². The van der Waals surface area contributed by atoms with Crippen LogP contribution < -0.4 is 5.73 Å².